The standard InChI is InChI=1S/C14H14F3NO2/c1-9(10-5-3-2-4-6-10)18-13(14(15,16)17)11-7-8-12(19)20-11/h2-9,11,13,18H,1H3/t9-,11+,13+/m0/s1. The number of halogens is 3. The highest BCUT2D eigenvalue weighted by molar-refractivity contribution is 5.84. The molecule has 6 heteroatoms. The van der Waals surface area contributed by atoms with Gasteiger partial charge >= 0.3 is 12.1 Å². The van der Waals surface area contributed by atoms with Gasteiger partial charge in [0.1, 0.15) is 12.1 Å². The molecule has 1 aliphatic heterocycles. The maximum Gasteiger partial charge on any atom is 0.407 e. The van der Waals surface area contributed by atoms with E-state index in [-0.39, 0.29) is 0 Å². The highest BCUT2D eigenvalue weighted by atomic mass is 19.4. The Bertz CT molecular complexity index is 499. The Balaban J connectivity index is 2.13. The van der Waals surface area contributed by atoms with Crippen LogP contribution in [0.2, 0.25) is 0 Å². The smallest absolute Gasteiger partial charge is 0.407 e. The van der Waals surface area contributed by atoms with Gasteiger partial charge in [-0.25, -0.2) is 4.79 Å². The first-order valence-corrected chi connectivity index (χ1v) is 6.14. The SMILES string of the molecule is C[C@H](N[C@H]([C@H]1C=CC(=O)O1)C(F)(F)F)c1ccccc1. The van der Waals surface area contributed by atoms with Gasteiger partial charge in [0.2, 0.25) is 0 Å². The van der Waals surface area contributed by atoms with E-state index in [9.17, 15) is 18.0 Å². The number of hydrogen-bond acceptors (Lipinski definition) is 3. The van der Waals surface area contributed by atoms with Crippen molar-refractivity contribution in [1.82, 2.24) is 5.32 Å². The molecular weight excluding hydrogens is 271 g/mol. The second-order valence-corrected chi connectivity index (χ2v) is 4.58. The number of nitrogens with one attached hydrogen (secondary N) is 1. The first kappa shape index (κ1) is 14.6. The largest absolute Gasteiger partial charge is 0.453 e. The van der Waals surface area contributed by atoms with Gasteiger partial charge in [-0.15, -0.1) is 0 Å². The molecule has 1 heterocycles. The summed E-state index contributed by atoms with van der Waals surface area (Å²) in [5, 5.41) is 2.48. The van der Waals surface area contributed by atoms with E-state index in [1.165, 1.54) is 0 Å². The van der Waals surface area contributed by atoms with Crippen molar-refractivity contribution in [3.05, 3.63) is 48.0 Å². The van der Waals surface area contributed by atoms with Crippen LogP contribution in [-0.2, 0) is 9.53 Å². The Morgan fingerprint density at radius 1 is 1.25 bits per heavy atom. The molecule has 2 rings (SSSR count). The van der Waals surface area contributed by atoms with Gasteiger partial charge in [-0.1, -0.05) is 30.3 Å². The van der Waals surface area contributed by atoms with E-state index >= 15 is 0 Å². The van der Waals surface area contributed by atoms with Crippen molar-refractivity contribution < 1.29 is 22.7 Å². The van der Waals surface area contributed by atoms with Crippen LogP contribution in [0.15, 0.2) is 42.5 Å². The molecule has 0 saturated heterocycles. The molecular formula is C14H14F3NO2. The number of alkyl halides is 3. The number of cyclic esters (lactones) is 1. The van der Waals surface area contributed by atoms with Crippen molar-refractivity contribution in [3.63, 3.8) is 0 Å². The van der Waals surface area contributed by atoms with Gasteiger partial charge in [0.15, 0.2) is 0 Å². The average Bonchev–Trinajstić information content (AvgIpc) is 2.81. The van der Waals surface area contributed by atoms with Crippen LogP contribution in [0, 0.1) is 0 Å². The van der Waals surface area contributed by atoms with E-state index in [0.29, 0.717) is 0 Å². The maximum absolute atomic E-state index is 13.1. The number of carbonyl (C=O) groups excluding carboxylic acids is 1. The van der Waals surface area contributed by atoms with Crippen LogP contribution in [0.4, 0.5) is 13.2 Å². The van der Waals surface area contributed by atoms with Crippen LogP contribution in [0.3, 0.4) is 0 Å². The lowest BCUT2D eigenvalue weighted by molar-refractivity contribution is -0.181. The van der Waals surface area contributed by atoms with Gasteiger partial charge in [0.25, 0.3) is 0 Å². The molecule has 1 aliphatic rings. The minimum Gasteiger partial charge on any atom is -0.453 e. The number of hydrogen-bond donors (Lipinski definition) is 1. The monoisotopic (exact) mass is 285 g/mol. The summed E-state index contributed by atoms with van der Waals surface area (Å²) in [5.41, 5.74) is 0.732. The van der Waals surface area contributed by atoms with Crippen LogP contribution < -0.4 is 5.32 Å². The predicted octanol–water partition coefficient (Wildman–Crippen LogP) is 2.75. The summed E-state index contributed by atoms with van der Waals surface area (Å²) in [4.78, 5) is 10.9. The van der Waals surface area contributed by atoms with Crippen molar-refractivity contribution in [3.8, 4) is 0 Å². The zero-order valence-corrected chi connectivity index (χ0v) is 10.7. The van der Waals surface area contributed by atoms with Crippen molar-refractivity contribution in [1.29, 1.82) is 0 Å². The van der Waals surface area contributed by atoms with Gasteiger partial charge in [-0.3, -0.25) is 5.32 Å². The summed E-state index contributed by atoms with van der Waals surface area (Å²) >= 11 is 0. The molecule has 3 nitrogen and oxygen atoms in total. The van der Waals surface area contributed by atoms with Gasteiger partial charge in [0.05, 0.1) is 0 Å². The Hall–Kier alpha value is -1.82. The third-order valence-corrected chi connectivity index (χ3v) is 3.08. The van der Waals surface area contributed by atoms with Crippen LogP contribution in [-0.4, -0.2) is 24.3 Å². The number of carbonyl (C=O) groups is 1. The Labute approximate surface area is 114 Å². The fourth-order valence-corrected chi connectivity index (χ4v) is 2.05. The van der Waals surface area contributed by atoms with E-state index < -0.39 is 30.3 Å². The molecule has 0 fully saturated rings. The summed E-state index contributed by atoms with van der Waals surface area (Å²) in [7, 11) is 0. The van der Waals surface area contributed by atoms with Crippen molar-refractivity contribution >= 4 is 5.97 Å². The van der Waals surface area contributed by atoms with E-state index in [1.807, 2.05) is 0 Å². The zero-order valence-electron chi connectivity index (χ0n) is 10.7. The molecule has 0 saturated carbocycles. The molecule has 0 spiro atoms. The summed E-state index contributed by atoms with van der Waals surface area (Å²) < 4.78 is 43.9. The fourth-order valence-electron chi connectivity index (χ4n) is 2.05. The predicted molar refractivity (Wildman–Crippen MR) is 66.9 cm³/mol. The Kier molecular flexibility index (Phi) is 4.13. The molecule has 108 valence electrons. The molecule has 3 atom stereocenters. The number of benzene rings is 1. The van der Waals surface area contributed by atoms with Gasteiger partial charge in [-0.05, 0) is 18.6 Å². The van der Waals surface area contributed by atoms with E-state index in [2.05, 4.69) is 10.1 Å². The van der Waals surface area contributed by atoms with Crippen LogP contribution >= 0.6 is 0 Å². The van der Waals surface area contributed by atoms with Gasteiger partial charge < -0.3 is 4.74 Å². The zero-order chi connectivity index (χ0) is 14.8. The first-order chi connectivity index (χ1) is 9.38. The van der Waals surface area contributed by atoms with Crippen LogP contribution in [0.25, 0.3) is 0 Å². The first-order valence-electron chi connectivity index (χ1n) is 6.14. The Morgan fingerprint density at radius 3 is 2.40 bits per heavy atom. The summed E-state index contributed by atoms with van der Waals surface area (Å²) in [6, 6.07) is 6.33. The maximum atomic E-state index is 13.1. The van der Waals surface area contributed by atoms with Crippen LogP contribution in [0.5, 0.6) is 0 Å². The lowest BCUT2D eigenvalue weighted by Gasteiger charge is -2.28. The lowest BCUT2D eigenvalue weighted by Crippen LogP contribution is -2.51. The van der Waals surface area contributed by atoms with Crippen LogP contribution in [0.1, 0.15) is 18.5 Å². The molecule has 0 aromatic heterocycles. The molecule has 0 aliphatic carbocycles. The molecule has 1 aromatic rings. The third-order valence-electron chi connectivity index (χ3n) is 3.08. The lowest BCUT2D eigenvalue weighted by atomic mass is 10.0. The van der Waals surface area contributed by atoms with Gasteiger partial charge in [0, 0.05) is 12.1 Å². The van der Waals surface area contributed by atoms with Crippen molar-refractivity contribution in [2.24, 2.45) is 0 Å². The minimum absolute atomic E-state index is 0.518. The molecule has 20 heavy (non-hydrogen) atoms. The Morgan fingerprint density at radius 2 is 1.90 bits per heavy atom. The highest BCUT2D eigenvalue weighted by Crippen LogP contribution is 2.28. The molecule has 0 radical (unpaired) electrons. The normalized spacial score (nSPS) is 21.6. The van der Waals surface area contributed by atoms with E-state index in [1.54, 1.807) is 37.3 Å². The topological polar surface area (TPSA) is 38.3 Å². The minimum atomic E-state index is -4.51. The molecule has 1 aromatic carbocycles. The molecule has 0 bridgehead atoms. The average molecular weight is 285 g/mol. The second-order valence-electron chi connectivity index (χ2n) is 4.58. The summed E-state index contributed by atoms with van der Waals surface area (Å²) in [5.74, 6) is -0.751. The number of ether oxygens (including phenoxy) is 1. The second kappa shape index (κ2) is 5.66. The van der Waals surface area contributed by atoms with E-state index in [4.69, 9.17) is 0 Å². The summed E-state index contributed by atoms with van der Waals surface area (Å²) in [6.45, 7) is 1.63. The highest BCUT2D eigenvalue weighted by Gasteiger charge is 2.47. The number of esters is 1. The number of rotatable bonds is 4. The summed E-state index contributed by atoms with van der Waals surface area (Å²) in [6.07, 6.45) is -3.69. The van der Waals surface area contributed by atoms with Crippen molar-refractivity contribution in [2.45, 2.75) is 31.3 Å². The van der Waals surface area contributed by atoms with E-state index in [0.717, 1.165) is 17.7 Å². The molecule has 1 N–H and O–H groups in total. The third kappa shape index (κ3) is 3.39. The molecule has 0 amide bonds. The molecule has 0 unspecified atom stereocenters. The van der Waals surface area contributed by atoms with Gasteiger partial charge in [-0.2, -0.15) is 13.2 Å². The quantitative estimate of drug-likeness (QED) is 0.864. The fraction of sp³-hybridized carbons (Fsp3) is 0.357. The van der Waals surface area contributed by atoms with Crippen molar-refractivity contribution in [2.75, 3.05) is 0 Å².